The van der Waals surface area contributed by atoms with E-state index in [9.17, 15) is 0 Å². The standard InChI is InChI=1S/C16H26N4S.HI/c1-11-12(2)21-14(20-11)6-9-18-15(17-3)19-10-16(7-8-16)13-4-5-13;/h13H,4-10H2,1-3H3,(H2,17,18,19);1H. The van der Waals surface area contributed by atoms with E-state index in [0.717, 1.165) is 37.1 Å². The molecule has 1 heterocycles. The molecule has 0 unspecified atom stereocenters. The Kier molecular flexibility index (Phi) is 6.10. The average Bonchev–Trinajstić information content (AvgIpc) is 3.35. The first-order valence-electron chi connectivity index (χ1n) is 8.00. The number of aromatic nitrogens is 1. The minimum atomic E-state index is 0. The molecule has 2 aliphatic rings. The van der Waals surface area contributed by atoms with Crippen molar-refractivity contribution in [2.24, 2.45) is 16.3 Å². The van der Waals surface area contributed by atoms with Crippen molar-refractivity contribution in [3.05, 3.63) is 15.6 Å². The molecule has 2 aliphatic carbocycles. The highest BCUT2D eigenvalue weighted by Gasteiger charge is 2.53. The van der Waals surface area contributed by atoms with Crippen LogP contribution < -0.4 is 10.6 Å². The molecule has 2 saturated carbocycles. The van der Waals surface area contributed by atoms with Crippen LogP contribution >= 0.6 is 35.3 Å². The van der Waals surface area contributed by atoms with E-state index in [2.05, 4.69) is 34.5 Å². The Balaban J connectivity index is 0.00000176. The molecule has 4 nitrogen and oxygen atoms in total. The first kappa shape index (κ1) is 18.0. The fraction of sp³-hybridized carbons (Fsp3) is 0.750. The molecule has 0 spiro atoms. The van der Waals surface area contributed by atoms with Crippen LogP contribution in [0, 0.1) is 25.2 Å². The SMILES string of the molecule is CN=C(NCCc1nc(C)c(C)s1)NCC1(C2CC2)CC1.I. The van der Waals surface area contributed by atoms with E-state index in [-0.39, 0.29) is 24.0 Å². The number of halogens is 1. The summed E-state index contributed by atoms with van der Waals surface area (Å²) in [6.45, 7) is 6.20. The maximum Gasteiger partial charge on any atom is 0.191 e. The largest absolute Gasteiger partial charge is 0.356 e. The van der Waals surface area contributed by atoms with Gasteiger partial charge in [-0.15, -0.1) is 35.3 Å². The number of nitrogens with one attached hydrogen (secondary N) is 2. The van der Waals surface area contributed by atoms with Crippen molar-refractivity contribution in [2.45, 2.75) is 46.0 Å². The fourth-order valence-corrected chi connectivity index (χ4v) is 3.93. The van der Waals surface area contributed by atoms with Gasteiger partial charge in [0.25, 0.3) is 0 Å². The molecule has 0 aliphatic heterocycles. The van der Waals surface area contributed by atoms with E-state index < -0.39 is 0 Å². The van der Waals surface area contributed by atoms with Crippen LogP contribution in [-0.2, 0) is 6.42 Å². The highest BCUT2D eigenvalue weighted by atomic mass is 127. The van der Waals surface area contributed by atoms with Gasteiger partial charge >= 0.3 is 0 Å². The third kappa shape index (κ3) is 4.34. The summed E-state index contributed by atoms with van der Waals surface area (Å²) >= 11 is 1.80. The first-order valence-corrected chi connectivity index (χ1v) is 8.82. The van der Waals surface area contributed by atoms with Crippen LogP contribution in [0.4, 0.5) is 0 Å². The minimum Gasteiger partial charge on any atom is -0.356 e. The molecule has 0 bridgehead atoms. The molecule has 1 aromatic rings. The second kappa shape index (κ2) is 7.47. The van der Waals surface area contributed by atoms with Crippen molar-refractivity contribution in [3.8, 4) is 0 Å². The van der Waals surface area contributed by atoms with E-state index in [1.54, 1.807) is 11.3 Å². The number of hydrogen-bond donors (Lipinski definition) is 2. The van der Waals surface area contributed by atoms with Crippen LogP contribution in [0.15, 0.2) is 4.99 Å². The Morgan fingerprint density at radius 1 is 1.32 bits per heavy atom. The summed E-state index contributed by atoms with van der Waals surface area (Å²) in [5.41, 5.74) is 1.78. The van der Waals surface area contributed by atoms with Crippen molar-refractivity contribution in [3.63, 3.8) is 0 Å². The molecule has 124 valence electrons. The number of nitrogens with zero attached hydrogens (tertiary/aromatic N) is 2. The van der Waals surface area contributed by atoms with Crippen molar-refractivity contribution in [2.75, 3.05) is 20.1 Å². The normalized spacial score (nSPS) is 19.5. The summed E-state index contributed by atoms with van der Waals surface area (Å²) < 4.78 is 0. The Morgan fingerprint density at radius 2 is 2.05 bits per heavy atom. The molecule has 2 N–H and O–H groups in total. The zero-order valence-electron chi connectivity index (χ0n) is 13.7. The molecule has 2 fully saturated rings. The van der Waals surface area contributed by atoms with E-state index in [1.165, 1.54) is 35.6 Å². The number of hydrogen-bond acceptors (Lipinski definition) is 3. The lowest BCUT2D eigenvalue weighted by atomic mass is 10.0. The molecule has 0 atom stereocenters. The maximum atomic E-state index is 4.58. The van der Waals surface area contributed by atoms with Gasteiger partial charge in [0.05, 0.1) is 10.7 Å². The van der Waals surface area contributed by atoms with Gasteiger partial charge in [0.15, 0.2) is 5.96 Å². The molecular formula is C16H27IN4S. The second-order valence-corrected chi connectivity index (χ2v) is 7.78. The van der Waals surface area contributed by atoms with E-state index in [0.29, 0.717) is 5.41 Å². The van der Waals surface area contributed by atoms with Crippen LogP contribution in [0.2, 0.25) is 0 Å². The van der Waals surface area contributed by atoms with Gasteiger partial charge in [-0.25, -0.2) is 4.98 Å². The zero-order chi connectivity index (χ0) is 14.9. The van der Waals surface area contributed by atoms with Crippen molar-refractivity contribution in [1.82, 2.24) is 15.6 Å². The first-order chi connectivity index (χ1) is 10.1. The molecule has 0 saturated heterocycles. The third-order valence-electron chi connectivity index (χ3n) is 4.87. The van der Waals surface area contributed by atoms with Gasteiger partial charge in [0.1, 0.15) is 0 Å². The van der Waals surface area contributed by atoms with Gasteiger partial charge in [0, 0.05) is 31.4 Å². The summed E-state index contributed by atoms with van der Waals surface area (Å²) in [5, 5.41) is 8.14. The van der Waals surface area contributed by atoms with Crippen molar-refractivity contribution in [1.29, 1.82) is 0 Å². The van der Waals surface area contributed by atoms with Gasteiger partial charge in [-0.2, -0.15) is 0 Å². The number of aryl methyl sites for hydroxylation is 2. The smallest absolute Gasteiger partial charge is 0.191 e. The lowest BCUT2D eigenvalue weighted by Crippen LogP contribution is -2.41. The predicted octanol–water partition coefficient (Wildman–Crippen LogP) is 3.28. The van der Waals surface area contributed by atoms with Crippen molar-refractivity contribution < 1.29 is 0 Å². The highest BCUT2D eigenvalue weighted by Crippen LogP contribution is 2.60. The molecular weight excluding hydrogens is 407 g/mol. The van der Waals surface area contributed by atoms with Gasteiger partial charge < -0.3 is 10.6 Å². The molecule has 6 heteroatoms. The van der Waals surface area contributed by atoms with Gasteiger partial charge in [-0.1, -0.05) is 0 Å². The third-order valence-corrected chi connectivity index (χ3v) is 6.00. The summed E-state index contributed by atoms with van der Waals surface area (Å²) in [4.78, 5) is 10.2. The van der Waals surface area contributed by atoms with E-state index in [4.69, 9.17) is 0 Å². The van der Waals surface area contributed by atoms with Crippen LogP contribution in [0.1, 0.15) is 41.3 Å². The summed E-state index contributed by atoms with van der Waals surface area (Å²) in [7, 11) is 1.85. The van der Waals surface area contributed by atoms with Crippen LogP contribution in [0.3, 0.4) is 0 Å². The number of thiazole rings is 1. The molecule has 0 amide bonds. The molecule has 0 radical (unpaired) electrons. The Morgan fingerprint density at radius 3 is 2.55 bits per heavy atom. The molecule has 3 rings (SSSR count). The summed E-state index contributed by atoms with van der Waals surface area (Å²) in [6.07, 6.45) is 6.65. The second-order valence-electron chi connectivity index (χ2n) is 6.49. The van der Waals surface area contributed by atoms with Crippen LogP contribution in [-0.4, -0.2) is 31.1 Å². The average molecular weight is 434 g/mol. The lowest BCUT2D eigenvalue weighted by molar-refractivity contribution is 0.431. The Bertz CT molecular complexity index is 513. The zero-order valence-corrected chi connectivity index (χ0v) is 16.9. The predicted molar refractivity (Wildman–Crippen MR) is 104 cm³/mol. The van der Waals surface area contributed by atoms with Crippen LogP contribution in [0.5, 0.6) is 0 Å². The Labute approximate surface area is 154 Å². The van der Waals surface area contributed by atoms with E-state index >= 15 is 0 Å². The van der Waals surface area contributed by atoms with E-state index in [1.807, 2.05) is 7.05 Å². The number of rotatable bonds is 6. The minimum absolute atomic E-state index is 0. The number of guanidine groups is 1. The van der Waals surface area contributed by atoms with Gasteiger partial charge in [-0.3, -0.25) is 4.99 Å². The summed E-state index contributed by atoms with van der Waals surface area (Å²) in [5.74, 6) is 1.93. The lowest BCUT2D eigenvalue weighted by Gasteiger charge is -2.17. The topological polar surface area (TPSA) is 49.3 Å². The molecule has 22 heavy (non-hydrogen) atoms. The Hall–Kier alpha value is -0.370. The maximum absolute atomic E-state index is 4.58. The molecule has 1 aromatic heterocycles. The molecule has 0 aromatic carbocycles. The monoisotopic (exact) mass is 434 g/mol. The fourth-order valence-electron chi connectivity index (χ4n) is 3.00. The van der Waals surface area contributed by atoms with Gasteiger partial charge in [0.2, 0.25) is 0 Å². The quantitative estimate of drug-likeness (QED) is 0.411. The number of aliphatic imine (C=N–C) groups is 1. The van der Waals surface area contributed by atoms with Gasteiger partial charge in [-0.05, 0) is 50.9 Å². The van der Waals surface area contributed by atoms with Crippen LogP contribution in [0.25, 0.3) is 0 Å². The highest BCUT2D eigenvalue weighted by molar-refractivity contribution is 14.0. The summed E-state index contributed by atoms with van der Waals surface area (Å²) in [6, 6.07) is 0. The van der Waals surface area contributed by atoms with Crippen molar-refractivity contribution >= 4 is 41.3 Å².